The van der Waals surface area contributed by atoms with Gasteiger partial charge in [0.05, 0.1) is 59.6 Å². The summed E-state index contributed by atoms with van der Waals surface area (Å²) in [6.45, 7) is 0.0798. The topological polar surface area (TPSA) is 510 Å². The van der Waals surface area contributed by atoms with E-state index in [9.17, 15) is 42.6 Å². The third-order valence-corrected chi connectivity index (χ3v) is 26.5. The minimum absolute atomic E-state index is 0. The van der Waals surface area contributed by atoms with Crippen LogP contribution in [-0.4, -0.2) is 174 Å². The van der Waals surface area contributed by atoms with Gasteiger partial charge in [-0.3, -0.25) is 48.5 Å². The van der Waals surface area contributed by atoms with Crippen LogP contribution in [0.2, 0.25) is 0 Å². The van der Waals surface area contributed by atoms with Gasteiger partial charge < -0.3 is 43.7 Å². The third kappa shape index (κ3) is 25.3. The molecule has 33 nitrogen and oxygen atoms in total. The van der Waals surface area contributed by atoms with E-state index in [1.54, 1.807) is 12.3 Å². The molecule has 10 fully saturated rings. The van der Waals surface area contributed by atoms with Gasteiger partial charge in [0.15, 0.2) is 0 Å². The maximum atomic E-state index is 12.2. The van der Waals surface area contributed by atoms with E-state index in [2.05, 4.69) is 61.3 Å². The maximum Gasteiger partial charge on any atom is 1.00 e. The Hall–Kier alpha value is -8.29. The number of carboxylic acid groups (broad SMARTS) is 1. The number of urea groups is 1. The molecule has 8 saturated carbocycles. The minimum atomic E-state index is -3.40. The Bertz CT molecular complexity index is 4950. The number of amides is 5. The van der Waals surface area contributed by atoms with Crippen molar-refractivity contribution in [1.29, 1.82) is 0 Å². The number of nitrogens with zero attached hydrogens (tertiary/aromatic N) is 16. The summed E-state index contributed by atoms with van der Waals surface area (Å²) in [7, 11) is 4.52. The summed E-state index contributed by atoms with van der Waals surface area (Å²) in [5.41, 5.74) is 28.0. The Morgan fingerprint density at radius 1 is 0.484 bits per heavy atom. The first kappa shape index (κ1) is 101. The minimum Gasteiger partial charge on any atom is -0.870 e. The molecule has 2 aliphatic heterocycles. The number of nitrogens with one attached hydrogen (secondary N) is 3. The van der Waals surface area contributed by atoms with Gasteiger partial charge in [-0.25, -0.2) is 53.1 Å². The van der Waals surface area contributed by atoms with Crippen molar-refractivity contribution in [3.63, 3.8) is 0 Å². The fraction of sp³-hybridized carbons (Fsp3) is 0.616. The van der Waals surface area contributed by atoms with Crippen LogP contribution in [0.25, 0.3) is 45.0 Å². The Labute approximate surface area is 744 Å². The van der Waals surface area contributed by atoms with Crippen LogP contribution in [-0.2, 0) is 102 Å². The Kier molecular flexibility index (Phi) is 35.6. The van der Waals surface area contributed by atoms with E-state index in [0.29, 0.717) is 55.6 Å². The van der Waals surface area contributed by atoms with Crippen molar-refractivity contribution < 1.29 is 83.1 Å². The van der Waals surface area contributed by atoms with Gasteiger partial charge in [-0.15, -0.1) is 12.4 Å². The second-order valence-corrected chi connectivity index (χ2v) is 36.7. The number of hydrogen-bond donors (Lipinski definition) is 8. The van der Waals surface area contributed by atoms with Gasteiger partial charge in [-0.2, -0.15) is 20.4 Å². The monoisotopic (exact) mass is 1730 g/mol. The van der Waals surface area contributed by atoms with Gasteiger partial charge >= 0.3 is 41.6 Å². The van der Waals surface area contributed by atoms with E-state index in [-0.39, 0.29) is 122 Å². The van der Waals surface area contributed by atoms with Crippen LogP contribution >= 0.6 is 12.4 Å². The van der Waals surface area contributed by atoms with Gasteiger partial charge in [0.25, 0.3) is 5.91 Å². The number of aromatic nitrogens is 16. The Balaban J connectivity index is 0.000000211. The van der Waals surface area contributed by atoms with Gasteiger partial charge in [0.2, 0.25) is 26.8 Å². The van der Waals surface area contributed by atoms with Gasteiger partial charge in [0, 0.05) is 142 Å². The number of aliphatic hydroxyl groups excluding tert-OH is 1. The molecule has 0 bridgehead atoms. The molecule has 5 amide bonds. The average Bonchev–Trinajstić information content (AvgIpc) is 1.64. The van der Waals surface area contributed by atoms with Crippen molar-refractivity contribution >= 4 is 52.0 Å². The first-order chi connectivity index (χ1) is 55.1. The molecule has 14 N–H and O–H groups in total. The van der Waals surface area contributed by atoms with Crippen LogP contribution in [0.1, 0.15) is 223 Å². The summed E-state index contributed by atoms with van der Waals surface area (Å²) in [6, 6.07) is 7.45. The summed E-state index contributed by atoms with van der Waals surface area (Å²) in [4.78, 5) is 93.4. The van der Waals surface area contributed by atoms with E-state index in [4.69, 9.17) is 32.2 Å². The van der Waals surface area contributed by atoms with Crippen molar-refractivity contribution in [2.45, 2.75) is 256 Å². The predicted octanol–water partition coefficient (Wildman–Crippen LogP) is 6.22. The SMILES string of the molecule is C.C.C.Cl.Cn1ncc(-c2ccnc(CC3CCC(N)(C(=O)O)CC3)n2)c1CC1CC1.Cn1ncc(-c2ccnc(CC3CCC(N)(CO)CC3)n2)c1CC1CC1.Cn1ncc(-c2ccnc(CC3CCC4(CC3)CC(=O)NC4=O)n2)c1CC1CC1.Cn1ncc(-c2ccnc(S(C)(=O)=O)n2)c1CC1CC1.NC1CCC2(CC1)NC(=O)NC2=O.O.[Na+].[OH-]. The van der Waals surface area contributed by atoms with Crippen LogP contribution in [0, 0.1) is 46.8 Å². The zero-order valence-electron chi connectivity index (χ0n) is 69.3. The number of aliphatic hydroxyl groups is 1. The maximum absolute atomic E-state index is 12.2. The largest absolute Gasteiger partial charge is 1.00 e. The number of sulfone groups is 1. The number of aryl methyl sites for hydroxylation is 4. The normalized spacial score (nSPS) is 24.3. The number of rotatable bonds is 21. The number of halogens is 1. The number of aliphatic carboxylic acids is 1. The Morgan fingerprint density at radius 3 is 1.11 bits per heavy atom. The van der Waals surface area contributed by atoms with Crippen molar-refractivity contribution in [1.82, 2.24) is 94.9 Å². The van der Waals surface area contributed by atoms with Crippen molar-refractivity contribution in [3.8, 4) is 45.0 Å². The van der Waals surface area contributed by atoms with Crippen LogP contribution in [0.3, 0.4) is 0 Å². The number of carbonyl (C=O) groups is 5. The molecule has 0 radical (unpaired) electrons. The van der Waals surface area contributed by atoms with E-state index in [1.807, 2.05) is 102 Å². The molecule has 0 aromatic carbocycles. The van der Waals surface area contributed by atoms with Crippen molar-refractivity contribution in [2.24, 2.45) is 92.2 Å². The number of hydrogen-bond acceptors (Lipinski definition) is 24. The molecule has 2 spiro atoms. The number of nitrogens with two attached hydrogens (primary N) is 3. The quantitative estimate of drug-likeness (QED) is 0.0171. The molecule has 36 heteroatoms. The predicted molar refractivity (Wildman–Crippen MR) is 460 cm³/mol. The molecule has 10 heterocycles. The summed E-state index contributed by atoms with van der Waals surface area (Å²) in [5.74, 6) is 5.82. The third-order valence-electron chi connectivity index (χ3n) is 25.6. The molecule has 8 aliphatic carbocycles. The Morgan fingerprint density at radius 2 is 0.811 bits per heavy atom. The standard InChI is InChI=1S/C22H27N5O2.C20H27N5O2.C20H29N5O.C13H16N4O2S.C8H13N3O2.3CH4.ClH.Na.2H2O/c1-27-18(10-14-2-3-14)16(13-24-27)17-6-9-23-19(25-17)11-15-4-7-22(8-5-15)12-20(28)26-21(22)29;1-25-17(10-13-2-3-13)15(12-23-25)16-6-9-22-18(24-16)11-14-4-7-20(21,8-5-14)19(26)27;1-25-18(10-14-2-3-14)16(12-23-25)17-6-9-22-19(24-17)11-15-4-7-20(21,13-26)8-5-15;1-17-12(7-9-3-4-9)10(8-15-17)11-5-6-14-13(16-11)20(2,18)19;9-5-1-3-8(4-2-5)6(12)10-7(13)11-8;;;;;;;/h6,9,13-15H,2-5,7-8,10-12H2,1H3,(H,26,28,29);6,9,12-14H,2-5,7-8,10-11,21H2,1H3,(H,26,27);6,9,12,14-15,26H,2-5,7-8,10-11,13,21H2,1H3;5-6,8-9H,3-4,7H2,1-2H3;5H,1-4,9H2,(H2,10,11,12,13);3*1H4;1H;;2*1H2/q;;;;;;;;;+1;;/p-1. The first-order valence-electron chi connectivity index (χ1n) is 41.3. The van der Waals surface area contributed by atoms with Gasteiger partial charge in [-0.05, 0) is 245 Å². The fourth-order valence-corrected chi connectivity index (χ4v) is 17.7. The van der Waals surface area contributed by atoms with E-state index >= 15 is 0 Å². The summed E-state index contributed by atoms with van der Waals surface area (Å²) < 4.78 is 30.9. The molecule has 8 aromatic rings. The summed E-state index contributed by atoms with van der Waals surface area (Å²) in [5, 5.41) is 43.6. The van der Waals surface area contributed by atoms with Crippen LogP contribution in [0.4, 0.5) is 4.79 Å². The van der Waals surface area contributed by atoms with Crippen molar-refractivity contribution in [3.05, 3.63) is 114 Å². The van der Waals surface area contributed by atoms with E-state index in [1.165, 1.54) is 74.6 Å². The molecule has 8 aromatic heterocycles. The molecule has 2 saturated heterocycles. The summed E-state index contributed by atoms with van der Waals surface area (Å²) >= 11 is 0. The molecule has 10 aliphatic rings. The molecule has 0 unspecified atom stereocenters. The van der Waals surface area contributed by atoms with Crippen molar-refractivity contribution in [2.75, 3.05) is 12.9 Å². The van der Waals surface area contributed by atoms with E-state index in [0.717, 1.165) is 214 Å². The average molecular weight is 1740 g/mol. The molecule has 18 rings (SSSR count). The zero-order valence-corrected chi connectivity index (χ0v) is 72.9. The smallest absolute Gasteiger partial charge is 0.870 e. The fourth-order valence-electron chi connectivity index (χ4n) is 17.2. The molecule has 662 valence electrons. The summed E-state index contributed by atoms with van der Waals surface area (Å²) in [6.07, 6.45) is 45.8. The molecule has 122 heavy (non-hydrogen) atoms. The number of carboxylic acids is 1. The second kappa shape index (κ2) is 43.1. The van der Waals surface area contributed by atoms with Crippen LogP contribution < -0.4 is 62.7 Å². The van der Waals surface area contributed by atoms with Gasteiger partial charge in [-0.1, -0.05) is 22.3 Å². The molecular formula is C86H128ClN22NaO11S. The molecule has 0 atom stereocenters. The van der Waals surface area contributed by atoms with E-state index < -0.39 is 32.3 Å². The first-order valence-corrected chi connectivity index (χ1v) is 43.2. The number of imide groups is 2. The van der Waals surface area contributed by atoms with Crippen LogP contribution in [0.5, 0.6) is 0 Å². The zero-order chi connectivity index (χ0) is 81.0. The second-order valence-electron chi connectivity index (χ2n) is 34.8. The number of carbonyl (C=O) groups excluding carboxylic acids is 4. The molecular weight excluding hydrogens is 1610 g/mol. The van der Waals surface area contributed by atoms with Crippen LogP contribution in [0.15, 0.2) is 79.0 Å². The van der Waals surface area contributed by atoms with Gasteiger partial charge in [0.1, 0.15) is 28.6 Å².